The highest BCUT2D eigenvalue weighted by Gasteiger charge is 2.32. The number of hydrogen-bond donors (Lipinski definition) is 1. The van der Waals surface area contributed by atoms with E-state index < -0.39 is 0 Å². The Morgan fingerprint density at radius 1 is 1.30 bits per heavy atom. The van der Waals surface area contributed by atoms with Crippen LogP contribution >= 0.6 is 11.6 Å². The van der Waals surface area contributed by atoms with Gasteiger partial charge in [0.05, 0.1) is 16.9 Å². The van der Waals surface area contributed by atoms with Crippen LogP contribution in [0.15, 0.2) is 48.9 Å². The lowest BCUT2D eigenvalue weighted by Gasteiger charge is -2.26. The highest BCUT2D eigenvalue weighted by molar-refractivity contribution is 6.33. The summed E-state index contributed by atoms with van der Waals surface area (Å²) in [6.07, 6.45) is 5.87. The number of halogens is 1. The summed E-state index contributed by atoms with van der Waals surface area (Å²) in [7, 11) is 1.85. The Labute approximate surface area is 162 Å². The number of rotatable bonds is 5. The van der Waals surface area contributed by atoms with Gasteiger partial charge < -0.3 is 10.6 Å². The van der Waals surface area contributed by atoms with E-state index in [4.69, 9.17) is 17.3 Å². The van der Waals surface area contributed by atoms with E-state index in [-0.39, 0.29) is 11.9 Å². The van der Waals surface area contributed by atoms with Crippen molar-refractivity contribution in [3.63, 3.8) is 0 Å². The zero-order chi connectivity index (χ0) is 19.0. The van der Waals surface area contributed by atoms with Crippen LogP contribution in [0.25, 0.3) is 11.3 Å². The molecule has 4 rings (SSSR count). The van der Waals surface area contributed by atoms with Crippen LogP contribution in [0.5, 0.6) is 0 Å². The lowest BCUT2D eigenvalue weighted by Crippen LogP contribution is -2.42. The molecule has 27 heavy (non-hydrogen) atoms. The predicted molar refractivity (Wildman–Crippen MR) is 104 cm³/mol. The van der Waals surface area contributed by atoms with E-state index in [1.807, 2.05) is 48.5 Å². The molecule has 1 amide bonds. The summed E-state index contributed by atoms with van der Waals surface area (Å²) in [5.41, 5.74) is 10.6. The zero-order valence-corrected chi connectivity index (χ0v) is 15.7. The summed E-state index contributed by atoms with van der Waals surface area (Å²) >= 11 is 6.27. The molecule has 1 atom stereocenters. The molecule has 0 bridgehead atoms. The number of benzene rings is 1. The molecule has 2 aromatic heterocycles. The van der Waals surface area contributed by atoms with Crippen molar-refractivity contribution in [3.8, 4) is 11.3 Å². The van der Waals surface area contributed by atoms with Gasteiger partial charge in [0.1, 0.15) is 0 Å². The Morgan fingerprint density at radius 2 is 2.15 bits per heavy atom. The van der Waals surface area contributed by atoms with Crippen LogP contribution in [-0.4, -0.2) is 38.2 Å². The summed E-state index contributed by atoms with van der Waals surface area (Å²) in [5, 5.41) is 4.78. The first-order chi connectivity index (χ1) is 13.1. The lowest BCUT2D eigenvalue weighted by atomic mass is 10.0. The fourth-order valence-electron chi connectivity index (χ4n) is 3.63. The Kier molecular flexibility index (Phi) is 4.68. The average molecular weight is 382 g/mol. The third kappa shape index (κ3) is 3.22. The first-order valence-electron chi connectivity index (χ1n) is 8.79. The van der Waals surface area contributed by atoms with Gasteiger partial charge in [-0.1, -0.05) is 23.7 Å². The zero-order valence-electron chi connectivity index (χ0n) is 15.0. The lowest BCUT2D eigenvalue weighted by molar-refractivity contribution is 0.0708. The fraction of sp³-hybridized carbons (Fsp3) is 0.250. The number of nitrogens with two attached hydrogens (primary N) is 1. The van der Waals surface area contributed by atoms with Gasteiger partial charge in [-0.2, -0.15) is 5.10 Å². The molecule has 7 heteroatoms. The number of hydrogen-bond acceptors (Lipinski definition) is 4. The first kappa shape index (κ1) is 17.7. The van der Waals surface area contributed by atoms with Crippen molar-refractivity contribution in [2.24, 2.45) is 12.8 Å². The van der Waals surface area contributed by atoms with E-state index in [2.05, 4.69) is 10.1 Å². The highest BCUT2D eigenvalue weighted by atomic mass is 35.5. The topological polar surface area (TPSA) is 77.0 Å². The maximum Gasteiger partial charge on any atom is 0.254 e. The fourth-order valence-corrected chi connectivity index (χ4v) is 3.91. The minimum atomic E-state index is -0.0714. The number of amides is 1. The predicted octanol–water partition coefficient (Wildman–Crippen LogP) is 2.66. The maximum absolute atomic E-state index is 12.9. The first-order valence-corrected chi connectivity index (χ1v) is 9.17. The van der Waals surface area contributed by atoms with Crippen LogP contribution in [0.3, 0.4) is 0 Å². The summed E-state index contributed by atoms with van der Waals surface area (Å²) in [4.78, 5) is 18.9. The molecule has 6 nitrogen and oxygen atoms in total. The van der Waals surface area contributed by atoms with E-state index in [1.165, 1.54) is 0 Å². The smallest absolute Gasteiger partial charge is 0.254 e. The van der Waals surface area contributed by atoms with Crippen molar-refractivity contribution in [1.82, 2.24) is 19.7 Å². The SMILES string of the molecule is Cn1ncc(Cl)c1-c1ccc2c(c1)CN([C@H](CN)Cc1cccnc1)C2=O. The second-order valence-corrected chi connectivity index (χ2v) is 7.13. The molecular formula is C20H20ClN5O. The molecule has 0 unspecified atom stereocenters. The van der Waals surface area contributed by atoms with Crippen LogP contribution in [0.4, 0.5) is 0 Å². The number of nitrogens with zero attached hydrogens (tertiary/aromatic N) is 4. The standard InChI is InChI=1S/C20H20ClN5O/c1-25-19(18(21)11-24-25)14-4-5-17-15(8-14)12-26(20(17)27)16(9-22)7-13-3-2-6-23-10-13/h2-6,8,10-11,16H,7,9,12,22H2,1H3/t16-/m0/s1. The van der Waals surface area contributed by atoms with Crippen LogP contribution in [0.1, 0.15) is 21.5 Å². The second kappa shape index (κ2) is 7.13. The largest absolute Gasteiger partial charge is 0.330 e. The molecule has 0 aliphatic carbocycles. The normalized spacial score (nSPS) is 14.5. The molecule has 0 spiro atoms. The van der Waals surface area contributed by atoms with Gasteiger partial charge in [0.25, 0.3) is 5.91 Å². The molecule has 3 heterocycles. The quantitative estimate of drug-likeness (QED) is 0.737. The van der Waals surface area contributed by atoms with Gasteiger partial charge in [-0.25, -0.2) is 0 Å². The summed E-state index contributed by atoms with van der Waals surface area (Å²) in [5.74, 6) is 0.0204. The van der Waals surface area contributed by atoms with Crippen molar-refractivity contribution < 1.29 is 4.79 Å². The number of fused-ring (bicyclic) bond motifs is 1. The van der Waals surface area contributed by atoms with E-state index >= 15 is 0 Å². The third-order valence-electron chi connectivity index (χ3n) is 5.01. The Balaban J connectivity index is 1.61. The van der Waals surface area contributed by atoms with Gasteiger partial charge in [0.15, 0.2) is 0 Å². The van der Waals surface area contributed by atoms with E-state index in [0.29, 0.717) is 24.5 Å². The Bertz CT molecular complexity index is 966. The molecule has 1 aliphatic rings. The van der Waals surface area contributed by atoms with Gasteiger partial charge in [0, 0.05) is 49.7 Å². The molecule has 1 aliphatic heterocycles. The number of pyridine rings is 1. The number of carbonyl (C=O) groups is 1. The van der Waals surface area contributed by atoms with Crippen LogP contribution in [0.2, 0.25) is 5.02 Å². The van der Waals surface area contributed by atoms with E-state index in [0.717, 1.165) is 27.9 Å². The summed E-state index contributed by atoms with van der Waals surface area (Å²) in [6, 6.07) is 9.64. The van der Waals surface area contributed by atoms with Crippen molar-refractivity contribution >= 4 is 17.5 Å². The van der Waals surface area contributed by atoms with E-state index in [9.17, 15) is 4.79 Å². The van der Waals surface area contributed by atoms with Gasteiger partial charge >= 0.3 is 0 Å². The average Bonchev–Trinajstić information content (AvgIpc) is 3.19. The maximum atomic E-state index is 12.9. The molecule has 3 aromatic rings. The van der Waals surface area contributed by atoms with Crippen molar-refractivity contribution in [1.29, 1.82) is 0 Å². The number of aryl methyl sites for hydroxylation is 1. The molecule has 0 fully saturated rings. The summed E-state index contributed by atoms with van der Waals surface area (Å²) in [6.45, 7) is 0.939. The van der Waals surface area contributed by atoms with Crippen molar-refractivity contribution in [3.05, 3.63) is 70.6 Å². The monoisotopic (exact) mass is 381 g/mol. The van der Waals surface area contributed by atoms with Crippen LogP contribution in [0, 0.1) is 0 Å². The van der Waals surface area contributed by atoms with Gasteiger partial charge in [0.2, 0.25) is 0 Å². The number of carbonyl (C=O) groups excluding carboxylic acids is 1. The minimum Gasteiger partial charge on any atom is -0.330 e. The molecule has 1 aromatic carbocycles. The molecule has 0 radical (unpaired) electrons. The summed E-state index contributed by atoms with van der Waals surface area (Å²) < 4.78 is 1.74. The van der Waals surface area contributed by atoms with Gasteiger partial charge in [-0.05, 0) is 35.7 Å². The van der Waals surface area contributed by atoms with Crippen LogP contribution in [-0.2, 0) is 20.0 Å². The molecular weight excluding hydrogens is 362 g/mol. The highest BCUT2D eigenvalue weighted by Crippen LogP contribution is 2.32. The molecule has 138 valence electrons. The minimum absolute atomic E-state index is 0.0204. The Morgan fingerprint density at radius 3 is 2.81 bits per heavy atom. The number of aromatic nitrogens is 3. The van der Waals surface area contributed by atoms with Gasteiger partial charge in [-0.15, -0.1) is 0 Å². The Hall–Kier alpha value is -2.70. The van der Waals surface area contributed by atoms with E-state index in [1.54, 1.807) is 17.1 Å². The third-order valence-corrected chi connectivity index (χ3v) is 5.29. The molecule has 0 saturated carbocycles. The molecule has 0 saturated heterocycles. The second-order valence-electron chi connectivity index (χ2n) is 6.72. The van der Waals surface area contributed by atoms with Crippen molar-refractivity contribution in [2.45, 2.75) is 19.0 Å². The van der Waals surface area contributed by atoms with Crippen LogP contribution < -0.4 is 5.73 Å². The van der Waals surface area contributed by atoms with Gasteiger partial charge in [-0.3, -0.25) is 14.5 Å². The van der Waals surface area contributed by atoms with Crippen molar-refractivity contribution in [2.75, 3.05) is 6.54 Å². The molecule has 2 N–H and O–H groups in total.